The molecule has 1 saturated carbocycles. The van der Waals surface area contributed by atoms with Crippen molar-refractivity contribution in [3.63, 3.8) is 0 Å². The number of hydrogen-bond donors (Lipinski definition) is 2. The fourth-order valence-corrected chi connectivity index (χ4v) is 2.40. The molecule has 1 fully saturated rings. The third kappa shape index (κ3) is 3.46. The summed E-state index contributed by atoms with van der Waals surface area (Å²) in [5.74, 6) is 1.11. The van der Waals surface area contributed by atoms with Crippen LogP contribution in [-0.4, -0.2) is 22.2 Å². The van der Waals surface area contributed by atoms with Gasteiger partial charge in [-0.15, -0.1) is 12.4 Å². The molecule has 2 rings (SSSR count). The molecule has 1 aliphatic rings. The Morgan fingerprint density at radius 2 is 2.17 bits per heavy atom. The van der Waals surface area contributed by atoms with Crippen LogP contribution in [0.5, 0.6) is 0 Å². The molecule has 0 saturated heterocycles. The molecule has 0 spiro atoms. The molecule has 1 aromatic rings. The first-order chi connectivity index (χ1) is 8.20. The summed E-state index contributed by atoms with van der Waals surface area (Å²) in [5, 5.41) is 7.24. The van der Waals surface area contributed by atoms with E-state index in [1.807, 2.05) is 13.1 Å². The Hall–Kier alpha value is -1.07. The highest BCUT2D eigenvalue weighted by molar-refractivity contribution is 5.91. The second-order valence-corrected chi connectivity index (χ2v) is 4.67. The Labute approximate surface area is 114 Å². The van der Waals surface area contributed by atoms with Crippen molar-refractivity contribution in [1.29, 1.82) is 0 Å². The van der Waals surface area contributed by atoms with Crippen LogP contribution in [-0.2, 0) is 11.8 Å². The zero-order chi connectivity index (χ0) is 12.3. The molecular formula is C12H21ClN4O. The fourth-order valence-electron chi connectivity index (χ4n) is 2.40. The van der Waals surface area contributed by atoms with Crippen LogP contribution in [0.3, 0.4) is 0 Å². The maximum absolute atomic E-state index is 11.2. The number of nitrogens with two attached hydrogens (primary N) is 1. The maximum Gasteiger partial charge on any atom is 0.239 e. The largest absolute Gasteiger partial charge is 0.322 e. The number of hydrogen-bond acceptors (Lipinski definition) is 3. The van der Waals surface area contributed by atoms with Gasteiger partial charge in [0.25, 0.3) is 0 Å². The lowest BCUT2D eigenvalue weighted by Gasteiger charge is -2.19. The Bertz CT molecular complexity index is 399. The van der Waals surface area contributed by atoms with Gasteiger partial charge in [-0.05, 0) is 12.8 Å². The van der Waals surface area contributed by atoms with E-state index in [9.17, 15) is 4.79 Å². The van der Waals surface area contributed by atoms with Crippen molar-refractivity contribution in [1.82, 2.24) is 9.78 Å². The highest BCUT2D eigenvalue weighted by Gasteiger charge is 2.19. The molecule has 18 heavy (non-hydrogen) atoms. The van der Waals surface area contributed by atoms with Crippen LogP contribution in [0.1, 0.15) is 43.7 Å². The number of amides is 1. The number of carbonyl (C=O) groups is 1. The first kappa shape index (κ1) is 15.0. The summed E-state index contributed by atoms with van der Waals surface area (Å²) in [5.41, 5.74) is 6.37. The van der Waals surface area contributed by atoms with Gasteiger partial charge in [-0.3, -0.25) is 9.48 Å². The van der Waals surface area contributed by atoms with Crippen molar-refractivity contribution in [3.05, 3.63) is 11.8 Å². The minimum absolute atomic E-state index is 0. The lowest BCUT2D eigenvalue weighted by atomic mass is 9.87. The molecule has 0 bridgehead atoms. The molecule has 6 heteroatoms. The minimum atomic E-state index is -0.178. The molecule has 0 radical (unpaired) electrons. The Balaban J connectivity index is 0.00000162. The molecule has 0 aliphatic heterocycles. The molecule has 0 aromatic carbocycles. The van der Waals surface area contributed by atoms with Crippen molar-refractivity contribution in [2.24, 2.45) is 12.8 Å². The second-order valence-electron chi connectivity index (χ2n) is 4.67. The predicted molar refractivity (Wildman–Crippen MR) is 74.0 cm³/mol. The Kier molecular flexibility index (Phi) is 5.62. The first-order valence-electron chi connectivity index (χ1n) is 6.24. The maximum atomic E-state index is 11.2. The van der Waals surface area contributed by atoms with Crippen LogP contribution < -0.4 is 11.1 Å². The van der Waals surface area contributed by atoms with Gasteiger partial charge >= 0.3 is 0 Å². The van der Waals surface area contributed by atoms with Crippen LogP contribution in [0.2, 0.25) is 0 Å². The zero-order valence-electron chi connectivity index (χ0n) is 10.7. The number of nitrogens with one attached hydrogen (secondary N) is 1. The summed E-state index contributed by atoms with van der Waals surface area (Å²) in [7, 11) is 1.85. The third-order valence-electron chi connectivity index (χ3n) is 3.38. The molecular weight excluding hydrogens is 252 g/mol. The number of aromatic nitrogens is 2. The highest BCUT2D eigenvalue weighted by Crippen LogP contribution is 2.32. The lowest BCUT2D eigenvalue weighted by Crippen LogP contribution is -2.23. The van der Waals surface area contributed by atoms with E-state index in [0.717, 1.165) is 11.5 Å². The van der Waals surface area contributed by atoms with Crippen LogP contribution >= 0.6 is 12.4 Å². The normalized spacial score (nSPS) is 16.1. The van der Waals surface area contributed by atoms with Crippen LogP contribution in [0.15, 0.2) is 6.07 Å². The van der Waals surface area contributed by atoms with Gasteiger partial charge in [0.15, 0.2) is 0 Å². The highest BCUT2D eigenvalue weighted by atomic mass is 35.5. The van der Waals surface area contributed by atoms with Gasteiger partial charge in [0.2, 0.25) is 5.91 Å². The number of nitrogens with zero attached hydrogens (tertiary/aromatic N) is 2. The van der Waals surface area contributed by atoms with E-state index in [0.29, 0.717) is 5.92 Å². The number of rotatable bonds is 3. The van der Waals surface area contributed by atoms with Gasteiger partial charge in [-0.2, -0.15) is 5.10 Å². The van der Waals surface area contributed by atoms with E-state index < -0.39 is 0 Å². The molecule has 102 valence electrons. The van der Waals surface area contributed by atoms with Crippen molar-refractivity contribution >= 4 is 24.1 Å². The molecule has 3 N–H and O–H groups in total. The van der Waals surface area contributed by atoms with E-state index in [2.05, 4.69) is 10.4 Å². The molecule has 0 atom stereocenters. The molecule has 1 aromatic heterocycles. The van der Waals surface area contributed by atoms with Crippen LogP contribution in [0.25, 0.3) is 0 Å². The van der Waals surface area contributed by atoms with E-state index in [1.165, 1.54) is 32.1 Å². The third-order valence-corrected chi connectivity index (χ3v) is 3.38. The van der Waals surface area contributed by atoms with E-state index >= 15 is 0 Å². The predicted octanol–water partition coefficient (Wildman–Crippen LogP) is 1.79. The average Bonchev–Trinajstić information content (AvgIpc) is 2.72. The lowest BCUT2D eigenvalue weighted by molar-refractivity contribution is -0.114. The van der Waals surface area contributed by atoms with Gasteiger partial charge < -0.3 is 11.1 Å². The topological polar surface area (TPSA) is 72.9 Å². The molecule has 5 nitrogen and oxygen atoms in total. The summed E-state index contributed by atoms with van der Waals surface area (Å²) in [6.45, 7) is 0.00391. The smallest absolute Gasteiger partial charge is 0.239 e. The Morgan fingerprint density at radius 1 is 1.50 bits per heavy atom. The van der Waals surface area contributed by atoms with Gasteiger partial charge in [0, 0.05) is 19.0 Å². The quantitative estimate of drug-likeness (QED) is 0.881. The van der Waals surface area contributed by atoms with Gasteiger partial charge in [-0.1, -0.05) is 19.3 Å². The number of aryl methyl sites for hydroxylation is 1. The molecule has 1 heterocycles. The Morgan fingerprint density at radius 3 is 2.78 bits per heavy atom. The summed E-state index contributed by atoms with van der Waals surface area (Å²) in [4.78, 5) is 11.2. The average molecular weight is 273 g/mol. The van der Waals surface area contributed by atoms with Gasteiger partial charge in [0.05, 0.1) is 12.2 Å². The standard InChI is InChI=1S/C12H20N4O.ClH/c1-16-11(14-12(17)8-13)7-10(15-16)9-5-3-2-4-6-9;/h7,9H,2-6,8,13H2,1H3,(H,14,17);1H. The van der Waals surface area contributed by atoms with Crippen molar-refractivity contribution in [2.75, 3.05) is 11.9 Å². The second kappa shape index (κ2) is 6.75. The summed E-state index contributed by atoms with van der Waals surface area (Å²) in [6.07, 6.45) is 6.32. The summed E-state index contributed by atoms with van der Waals surface area (Å²) in [6, 6.07) is 1.98. The number of anilines is 1. The fraction of sp³-hybridized carbons (Fsp3) is 0.667. The van der Waals surface area contributed by atoms with Crippen molar-refractivity contribution < 1.29 is 4.79 Å². The van der Waals surface area contributed by atoms with Gasteiger partial charge in [0.1, 0.15) is 5.82 Å². The zero-order valence-corrected chi connectivity index (χ0v) is 11.5. The minimum Gasteiger partial charge on any atom is -0.322 e. The SMILES string of the molecule is Cl.Cn1nc(C2CCCCC2)cc1NC(=O)CN. The van der Waals surface area contributed by atoms with Crippen molar-refractivity contribution in [2.45, 2.75) is 38.0 Å². The summed E-state index contributed by atoms with van der Waals surface area (Å²) >= 11 is 0. The van der Waals surface area contributed by atoms with E-state index in [1.54, 1.807) is 4.68 Å². The molecule has 1 amide bonds. The number of halogens is 1. The molecule has 0 unspecified atom stereocenters. The van der Waals surface area contributed by atoms with Gasteiger partial charge in [-0.25, -0.2) is 0 Å². The van der Waals surface area contributed by atoms with E-state index in [4.69, 9.17) is 5.73 Å². The van der Waals surface area contributed by atoms with Crippen LogP contribution in [0, 0.1) is 0 Å². The molecule has 1 aliphatic carbocycles. The first-order valence-corrected chi connectivity index (χ1v) is 6.24. The van der Waals surface area contributed by atoms with Crippen molar-refractivity contribution in [3.8, 4) is 0 Å². The van der Waals surface area contributed by atoms with E-state index in [-0.39, 0.29) is 24.9 Å². The monoisotopic (exact) mass is 272 g/mol. The summed E-state index contributed by atoms with van der Waals surface area (Å²) < 4.78 is 1.72. The number of carbonyl (C=O) groups excluding carboxylic acids is 1. The van der Waals surface area contributed by atoms with Crippen LogP contribution in [0.4, 0.5) is 5.82 Å².